The van der Waals surface area contributed by atoms with Crippen LogP contribution in [0.4, 0.5) is 4.39 Å². The molecule has 0 aliphatic carbocycles. The van der Waals surface area contributed by atoms with Gasteiger partial charge in [-0.05, 0) is 37.0 Å². The van der Waals surface area contributed by atoms with E-state index in [0.717, 1.165) is 18.9 Å². The Labute approximate surface area is 118 Å². The van der Waals surface area contributed by atoms with Crippen LogP contribution in [0.25, 0.3) is 0 Å². The lowest BCUT2D eigenvalue weighted by Gasteiger charge is -2.30. The van der Waals surface area contributed by atoms with E-state index in [4.69, 9.17) is 11.6 Å². The topological polar surface area (TPSA) is 37.4 Å². The number of rotatable bonds is 3. The molecule has 19 heavy (non-hydrogen) atoms. The van der Waals surface area contributed by atoms with Gasteiger partial charge < -0.3 is 0 Å². The summed E-state index contributed by atoms with van der Waals surface area (Å²) in [4.78, 5) is 0.124. The fourth-order valence-corrected chi connectivity index (χ4v) is 4.18. The first-order valence-electron chi connectivity index (χ1n) is 6.29. The molecule has 1 fully saturated rings. The van der Waals surface area contributed by atoms with Crippen LogP contribution in [-0.4, -0.2) is 25.8 Å². The lowest BCUT2D eigenvalue weighted by Crippen LogP contribution is -2.39. The van der Waals surface area contributed by atoms with Crippen molar-refractivity contribution in [2.45, 2.75) is 30.5 Å². The average molecular weight is 306 g/mol. The van der Waals surface area contributed by atoms with Crippen molar-refractivity contribution < 1.29 is 12.8 Å². The van der Waals surface area contributed by atoms with Gasteiger partial charge in [-0.1, -0.05) is 6.92 Å². The van der Waals surface area contributed by atoms with Gasteiger partial charge in [-0.3, -0.25) is 0 Å². The van der Waals surface area contributed by atoms with Crippen molar-refractivity contribution in [2.24, 2.45) is 5.92 Å². The third kappa shape index (κ3) is 3.09. The van der Waals surface area contributed by atoms with Crippen LogP contribution >= 0.6 is 11.6 Å². The zero-order valence-electron chi connectivity index (χ0n) is 10.8. The molecule has 0 radical (unpaired) electrons. The molecule has 0 saturated carbocycles. The molecule has 0 bridgehead atoms. The maximum Gasteiger partial charge on any atom is 0.243 e. The van der Waals surface area contributed by atoms with Gasteiger partial charge in [0.15, 0.2) is 0 Å². The normalized spacial score (nSPS) is 21.5. The molecule has 1 atom stereocenters. The van der Waals surface area contributed by atoms with E-state index >= 15 is 0 Å². The average Bonchev–Trinajstić information content (AvgIpc) is 2.39. The molecule has 0 spiro atoms. The van der Waals surface area contributed by atoms with Crippen molar-refractivity contribution >= 4 is 21.6 Å². The Balaban J connectivity index is 2.33. The number of piperidine rings is 1. The molecule has 1 aromatic rings. The first kappa shape index (κ1) is 14.8. The number of benzene rings is 1. The molecule has 1 unspecified atom stereocenters. The summed E-state index contributed by atoms with van der Waals surface area (Å²) in [6.45, 7) is 3.09. The SMILES string of the molecule is CC1CCCN(S(=O)(=O)c2ccc(F)c(CCl)c2)C1. The molecule has 2 rings (SSSR count). The van der Waals surface area contributed by atoms with Crippen LogP contribution in [0.5, 0.6) is 0 Å². The number of alkyl halides is 1. The van der Waals surface area contributed by atoms with Gasteiger partial charge >= 0.3 is 0 Å². The van der Waals surface area contributed by atoms with Crippen LogP contribution in [0.15, 0.2) is 23.1 Å². The molecule has 0 N–H and O–H groups in total. The van der Waals surface area contributed by atoms with Gasteiger partial charge in [0.1, 0.15) is 5.82 Å². The molecule has 0 aromatic heterocycles. The number of nitrogens with zero attached hydrogens (tertiary/aromatic N) is 1. The lowest BCUT2D eigenvalue weighted by atomic mass is 10.0. The molecule has 1 heterocycles. The van der Waals surface area contributed by atoms with E-state index in [-0.39, 0.29) is 16.3 Å². The Morgan fingerprint density at radius 2 is 2.21 bits per heavy atom. The minimum Gasteiger partial charge on any atom is -0.207 e. The summed E-state index contributed by atoms with van der Waals surface area (Å²) >= 11 is 5.61. The van der Waals surface area contributed by atoms with Crippen molar-refractivity contribution in [2.75, 3.05) is 13.1 Å². The van der Waals surface area contributed by atoms with Crippen LogP contribution in [0.2, 0.25) is 0 Å². The van der Waals surface area contributed by atoms with Crippen LogP contribution in [0.3, 0.4) is 0 Å². The summed E-state index contributed by atoms with van der Waals surface area (Å²) in [6, 6.07) is 3.80. The van der Waals surface area contributed by atoms with Gasteiger partial charge in [0.2, 0.25) is 10.0 Å². The molecule has 1 saturated heterocycles. The molecule has 106 valence electrons. The Morgan fingerprint density at radius 1 is 1.47 bits per heavy atom. The summed E-state index contributed by atoms with van der Waals surface area (Å²) < 4.78 is 39.8. The second-order valence-corrected chi connectivity index (χ2v) is 7.20. The zero-order chi connectivity index (χ0) is 14.0. The quantitative estimate of drug-likeness (QED) is 0.805. The smallest absolute Gasteiger partial charge is 0.207 e. The van der Waals surface area contributed by atoms with Gasteiger partial charge in [0.25, 0.3) is 0 Å². The van der Waals surface area contributed by atoms with E-state index in [9.17, 15) is 12.8 Å². The predicted molar refractivity (Wildman–Crippen MR) is 73.1 cm³/mol. The van der Waals surface area contributed by atoms with Crippen molar-refractivity contribution in [3.05, 3.63) is 29.6 Å². The Kier molecular flexibility index (Phi) is 4.48. The minimum atomic E-state index is -3.54. The largest absolute Gasteiger partial charge is 0.243 e. The van der Waals surface area contributed by atoms with E-state index in [1.54, 1.807) is 0 Å². The zero-order valence-corrected chi connectivity index (χ0v) is 12.3. The molecule has 0 amide bonds. The Morgan fingerprint density at radius 3 is 2.84 bits per heavy atom. The van der Waals surface area contributed by atoms with E-state index in [1.165, 1.54) is 16.4 Å². The molecule has 6 heteroatoms. The third-order valence-corrected chi connectivity index (χ3v) is 5.57. The lowest BCUT2D eigenvalue weighted by molar-refractivity contribution is 0.281. The van der Waals surface area contributed by atoms with Crippen molar-refractivity contribution in [1.29, 1.82) is 0 Å². The van der Waals surface area contributed by atoms with Crippen molar-refractivity contribution in [3.63, 3.8) is 0 Å². The first-order chi connectivity index (χ1) is 8.95. The van der Waals surface area contributed by atoms with E-state index in [2.05, 4.69) is 0 Å². The number of halogens is 2. The maximum absolute atomic E-state index is 13.4. The molecule has 3 nitrogen and oxygen atoms in total. The number of hydrogen-bond acceptors (Lipinski definition) is 2. The minimum absolute atomic E-state index is 0.0361. The molecular formula is C13H17ClFNO2S. The summed E-state index contributed by atoms with van der Waals surface area (Å²) in [5.41, 5.74) is 0.216. The van der Waals surface area contributed by atoms with E-state index < -0.39 is 15.8 Å². The summed E-state index contributed by atoms with van der Waals surface area (Å²) in [7, 11) is -3.54. The number of hydrogen-bond donors (Lipinski definition) is 0. The summed E-state index contributed by atoms with van der Waals surface area (Å²) in [5, 5.41) is 0. The first-order valence-corrected chi connectivity index (χ1v) is 8.27. The van der Waals surface area contributed by atoms with Gasteiger partial charge in [0, 0.05) is 18.7 Å². The van der Waals surface area contributed by atoms with Gasteiger partial charge in [0.05, 0.1) is 10.8 Å². The fourth-order valence-electron chi connectivity index (χ4n) is 2.33. The van der Waals surface area contributed by atoms with Crippen molar-refractivity contribution in [1.82, 2.24) is 4.31 Å². The standard InChI is InChI=1S/C13H17ClFNO2S/c1-10-3-2-6-16(9-10)19(17,18)12-4-5-13(15)11(7-12)8-14/h4-5,7,10H,2-3,6,8-9H2,1H3. The van der Waals surface area contributed by atoms with Gasteiger partial charge in [-0.15, -0.1) is 11.6 Å². The summed E-state index contributed by atoms with van der Waals surface area (Å²) in [6.07, 6.45) is 1.91. The predicted octanol–water partition coefficient (Wildman–Crippen LogP) is 2.99. The van der Waals surface area contributed by atoms with E-state index in [0.29, 0.717) is 19.0 Å². The highest BCUT2D eigenvalue weighted by Crippen LogP contribution is 2.25. The second kappa shape index (κ2) is 5.77. The van der Waals surface area contributed by atoms with Crippen LogP contribution in [-0.2, 0) is 15.9 Å². The molecule has 1 aliphatic heterocycles. The third-order valence-electron chi connectivity index (χ3n) is 3.42. The monoisotopic (exact) mass is 305 g/mol. The highest BCUT2D eigenvalue weighted by atomic mass is 35.5. The Bertz CT molecular complexity index is 562. The van der Waals surface area contributed by atoms with Crippen molar-refractivity contribution in [3.8, 4) is 0 Å². The van der Waals surface area contributed by atoms with E-state index in [1.807, 2.05) is 6.92 Å². The highest BCUT2D eigenvalue weighted by Gasteiger charge is 2.29. The second-order valence-electron chi connectivity index (χ2n) is 5.00. The molecular weight excluding hydrogens is 289 g/mol. The molecule has 1 aliphatic rings. The molecule has 1 aromatic carbocycles. The van der Waals surface area contributed by atoms with Crippen LogP contribution in [0, 0.1) is 11.7 Å². The van der Waals surface area contributed by atoms with Crippen LogP contribution in [0.1, 0.15) is 25.3 Å². The summed E-state index contributed by atoms with van der Waals surface area (Å²) in [5.74, 6) is -0.150. The van der Waals surface area contributed by atoms with Crippen LogP contribution < -0.4 is 0 Å². The number of sulfonamides is 1. The van der Waals surface area contributed by atoms with Gasteiger partial charge in [-0.25, -0.2) is 12.8 Å². The fraction of sp³-hybridized carbons (Fsp3) is 0.538. The Hall–Kier alpha value is -0.650. The van der Waals surface area contributed by atoms with Gasteiger partial charge in [-0.2, -0.15) is 4.31 Å². The highest BCUT2D eigenvalue weighted by molar-refractivity contribution is 7.89. The maximum atomic E-state index is 13.4.